The number of amides is 2. The number of likely N-dealkylation sites (N-methyl/N-ethyl adjacent to an activating group) is 1. The van der Waals surface area contributed by atoms with Gasteiger partial charge in [-0.05, 0) is 74.6 Å². The van der Waals surface area contributed by atoms with Crippen LogP contribution in [0.1, 0.15) is 107 Å². The summed E-state index contributed by atoms with van der Waals surface area (Å²) in [5.74, 6) is 1.49. The zero-order chi connectivity index (χ0) is 46.3. The molecular formula is C43H66F2N5O8PS3. The molecule has 19 heteroatoms. The molecular weight excluding hydrogens is 880 g/mol. The normalized spacial score (nSPS) is 14.8. The van der Waals surface area contributed by atoms with Gasteiger partial charge in [0.25, 0.3) is 5.91 Å². The van der Waals surface area contributed by atoms with Crippen LogP contribution in [0.5, 0.6) is 0 Å². The first-order valence-electron chi connectivity index (χ1n) is 21.1. The lowest BCUT2D eigenvalue weighted by molar-refractivity contribution is -0.130. The summed E-state index contributed by atoms with van der Waals surface area (Å²) in [6.45, 7) is 16.0. The monoisotopic (exact) mass is 945 g/mol. The molecule has 2 aromatic heterocycles. The van der Waals surface area contributed by atoms with Crippen molar-refractivity contribution in [3.8, 4) is 0 Å². The average molecular weight is 946 g/mol. The van der Waals surface area contributed by atoms with Gasteiger partial charge in [0.1, 0.15) is 6.79 Å². The van der Waals surface area contributed by atoms with Gasteiger partial charge in [0.2, 0.25) is 5.91 Å². The number of nitrogens with one attached hydrogen (secondary N) is 1. The number of alkyl halides is 2. The van der Waals surface area contributed by atoms with Crippen molar-refractivity contribution in [2.75, 3.05) is 65.0 Å². The molecule has 2 aliphatic heterocycles. The van der Waals surface area contributed by atoms with E-state index in [4.69, 9.17) is 13.8 Å². The van der Waals surface area contributed by atoms with E-state index in [9.17, 15) is 23.7 Å². The molecule has 2 fully saturated rings. The first-order chi connectivity index (χ1) is 29.5. The summed E-state index contributed by atoms with van der Waals surface area (Å²) in [4.78, 5) is 63.7. The minimum atomic E-state index is -5.05. The molecule has 0 radical (unpaired) electrons. The summed E-state index contributed by atoms with van der Waals surface area (Å²) in [5, 5.41) is 2.67. The predicted molar refractivity (Wildman–Crippen MR) is 248 cm³/mol. The van der Waals surface area contributed by atoms with Gasteiger partial charge >= 0.3 is 13.3 Å². The van der Waals surface area contributed by atoms with E-state index < -0.39 is 18.8 Å². The van der Waals surface area contributed by atoms with Crippen LogP contribution in [0, 0.1) is 11.8 Å². The van der Waals surface area contributed by atoms with Crippen LogP contribution in [0.2, 0.25) is 0 Å². The molecule has 2 saturated heterocycles. The lowest BCUT2D eigenvalue weighted by Gasteiger charge is -2.36. The van der Waals surface area contributed by atoms with Crippen LogP contribution in [-0.4, -0.2) is 113 Å². The van der Waals surface area contributed by atoms with Crippen LogP contribution in [-0.2, 0) is 38.5 Å². The van der Waals surface area contributed by atoms with Crippen LogP contribution in [0.3, 0.4) is 0 Å². The number of rotatable bonds is 20. The molecule has 0 unspecified atom stereocenters. The van der Waals surface area contributed by atoms with Crippen molar-refractivity contribution in [1.82, 2.24) is 24.7 Å². The van der Waals surface area contributed by atoms with Gasteiger partial charge in [-0.25, -0.2) is 4.98 Å². The SMILES string of the molecule is C=O.CC(C)[C@@H](C)CCC(=O)N1CCCC1.CCCC(=O)SCCOP(=O)(OCCSC(=O)CCC)C(F)(F)c1ccc2sc(C(=O)NC)cc2c1.CN1CC(n2ccnc2)C1. The Morgan fingerprint density at radius 1 is 0.968 bits per heavy atom. The number of imidazole rings is 1. The number of carbonyl (C=O) groups excluding carboxylic acids is 5. The quantitative estimate of drug-likeness (QED) is 0.0847. The third kappa shape index (κ3) is 17.9. The molecule has 0 spiro atoms. The van der Waals surface area contributed by atoms with Gasteiger partial charge in [0.05, 0.1) is 30.5 Å². The van der Waals surface area contributed by atoms with E-state index in [-0.39, 0.29) is 40.9 Å². The number of nitrogens with zero attached hydrogens (tertiary/aromatic N) is 4. The van der Waals surface area contributed by atoms with Gasteiger partial charge in [0.15, 0.2) is 10.2 Å². The van der Waals surface area contributed by atoms with Gasteiger partial charge in [-0.1, -0.05) is 64.2 Å². The Balaban J connectivity index is 0.000000408. The summed E-state index contributed by atoms with van der Waals surface area (Å²) in [6, 6.07) is 5.88. The fourth-order valence-electron chi connectivity index (χ4n) is 6.15. The highest BCUT2D eigenvalue weighted by Crippen LogP contribution is 2.67. The van der Waals surface area contributed by atoms with Gasteiger partial charge < -0.3 is 33.5 Å². The van der Waals surface area contributed by atoms with Crippen molar-refractivity contribution < 1.29 is 46.4 Å². The minimum absolute atomic E-state index is 0.0467. The molecule has 2 aliphatic rings. The number of hydrogen-bond donors (Lipinski definition) is 1. The lowest BCUT2D eigenvalue weighted by atomic mass is 9.93. The zero-order valence-corrected chi connectivity index (χ0v) is 40.6. The van der Waals surface area contributed by atoms with E-state index in [1.54, 1.807) is 0 Å². The van der Waals surface area contributed by atoms with Crippen LogP contribution >= 0.6 is 42.5 Å². The van der Waals surface area contributed by atoms with Gasteiger partial charge in [0, 0.05) is 86.7 Å². The first kappa shape index (κ1) is 55.1. The van der Waals surface area contributed by atoms with Crippen LogP contribution in [0.15, 0.2) is 43.0 Å². The van der Waals surface area contributed by atoms with Crippen molar-refractivity contribution in [3.63, 3.8) is 0 Å². The number of halogens is 2. The zero-order valence-electron chi connectivity index (χ0n) is 37.3. The van der Waals surface area contributed by atoms with Gasteiger partial charge in [-0.2, -0.15) is 8.78 Å². The van der Waals surface area contributed by atoms with Crippen molar-refractivity contribution in [2.24, 2.45) is 11.8 Å². The molecule has 0 saturated carbocycles. The Kier molecular flexibility index (Phi) is 25.6. The maximum Gasteiger partial charge on any atom is 0.404 e. The highest BCUT2D eigenvalue weighted by molar-refractivity contribution is 8.13. The maximum absolute atomic E-state index is 15.6. The summed E-state index contributed by atoms with van der Waals surface area (Å²) in [7, 11) is -1.45. The Morgan fingerprint density at radius 2 is 1.55 bits per heavy atom. The van der Waals surface area contributed by atoms with Crippen LogP contribution < -0.4 is 5.32 Å². The van der Waals surface area contributed by atoms with Crippen LogP contribution in [0.25, 0.3) is 10.1 Å². The second-order valence-electron chi connectivity index (χ2n) is 15.3. The van der Waals surface area contributed by atoms with Gasteiger partial charge in [-0.3, -0.25) is 23.7 Å². The van der Waals surface area contributed by atoms with E-state index in [2.05, 4.69) is 47.6 Å². The number of hydrogen-bond acceptors (Lipinski definition) is 13. The largest absolute Gasteiger partial charge is 0.404 e. The number of carbonyl (C=O) groups is 5. The highest BCUT2D eigenvalue weighted by atomic mass is 32.2. The Morgan fingerprint density at radius 3 is 2.03 bits per heavy atom. The number of aromatic nitrogens is 2. The lowest BCUT2D eigenvalue weighted by Crippen LogP contribution is -2.44. The summed E-state index contributed by atoms with van der Waals surface area (Å²) in [5.41, 5.74) is -4.59. The molecule has 13 nitrogen and oxygen atoms in total. The molecule has 4 heterocycles. The number of thiophene rings is 1. The topological polar surface area (TPSA) is 157 Å². The first-order valence-corrected chi connectivity index (χ1v) is 25.4. The maximum atomic E-state index is 15.6. The average Bonchev–Trinajstić information content (AvgIpc) is 4.06. The van der Waals surface area contributed by atoms with Crippen molar-refractivity contribution in [1.29, 1.82) is 0 Å². The molecule has 3 aromatic rings. The Hall–Kier alpha value is -2.99. The van der Waals surface area contributed by atoms with Crippen molar-refractivity contribution in [2.45, 2.75) is 97.7 Å². The third-order valence-electron chi connectivity index (χ3n) is 10.2. The van der Waals surface area contributed by atoms with Gasteiger partial charge in [-0.15, -0.1) is 11.3 Å². The fraction of sp³-hybridized carbons (Fsp3) is 0.628. The second-order valence-corrected chi connectivity index (χ2v) is 20.8. The minimum Gasteiger partial charge on any atom is -0.354 e. The number of benzene rings is 1. The molecule has 2 amide bonds. The Bertz CT molecular complexity index is 1830. The number of thioether (sulfide) groups is 2. The summed E-state index contributed by atoms with van der Waals surface area (Å²) >= 11 is 2.99. The second kappa shape index (κ2) is 28.7. The molecule has 62 heavy (non-hydrogen) atoms. The van der Waals surface area contributed by atoms with E-state index in [0.29, 0.717) is 64.4 Å². The van der Waals surface area contributed by atoms with E-state index in [1.165, 1.54) is 32.0 Å². The van der Waals surface area contributed by atoms with Crippen molar-refractivity contribution in [3.05, 3.63) is 53.4 Å². The number of fused-ring (bicyclic) bond motifs is 1. The fourth-order valence-corrected chi connectivity index (χ4v) is 10.4. The molecule has 348 valence electrons. The molecule has 0 bridgehead atoms. The standard InChI is InChI=1S/C23H30F2NO6PS3.C12H23NO.C7H11N3.CH2O/c1-4-6-20(27)34-12-10-31-33(30,32-11-13-35-21(28)7-5-2)23(24,25)17-8-9-18-16(14-17)15-19(36-18)22(29)26-3;1-10(2)11(3)6-7-12(14)13-8-4-5-9-13;1-9-4-7(5-9)10-3-2-8-6-10;1-2/h8-9,14-15H,4-7,10-13H2,1-3H3,(H,26,29);10-11H,4-9H2,1-3H3;2-3,6-7H,4-5H2,1H3;1H2/t;11-;;/m.0../s1. The van der Waals surface area contributed by atoms with E-state index >= 15 is 8.78 Å². The Labute approximate surface area is 378 Å². The molecule has 5 rings (SSSR count). The summed E-state index contributed by atoms with van der Waals surface area (Å²) in [6.07, 6.45) is 11.9. The highest BCUT2D eigenvalue weighted by Gasteiger charge is 2.55. The van der Waals surface area contributed by atoms with Crippen LogP contribution in [0.4, 0.5) is 8.78 Å². The van der Waals surface area contributed by atoms with E-state index in [0.717, 1.165) is 86.0 Å². The molecule has 1 N–H and O–H groups in total. The van der Waals surface area contributed by atoms with Crippen molar-refractivity contribution >= 4 is 81.4 Å². The van der Waals surface area contributed by atoms with E-state index in [1.807, 2.05) is 44.3 Å². The summed E-state index contributed by atoms with van der Waals surface area (Å²) < 4.78 is 57.8. The smallest absolute Gasteiger partial charge is 0.354 e. The third-order valence-corrected chi connectivity index (χ3v) is 15.1. The molecule has 1 atom stereocenters. The molecule has 1 aromatic carbocycles. The molecule has 0 aliphatic carbocycles. The predicted octanol–water partition coefficient (Wildman–Crippen LogP) is 9.52. The number of likely N-dealkylation sites (tertiary alicyclic amines) is 2.